The molecule has 12 heavy (non-hydrogen) atoms. The van der Waals surface area contributed by atoms with Crippen LogP contribution in [0.1, 0.15) is 5.56 Å². The summed E-state index contributed by atoms with van der Waals surface area (Å²) in [6.07, 6.45) is 0. The summed E-state index contributed by atoms with van der Waals surface area (Å²) in [7, 11) is 0. The van der Waals surface area contributed by atoms with Gasteiger partial charge >= 0.3 is 0 Å². The quantitative estimate of drug-likeness (QED) is 0.609. The van der Waals surface area contributed by atoms with Crippen molar-refractivity contribution in [1.29, 1.82) is 0 Å². The maximum Gasteiger partial charge on any atom is 0.255 e. The summed E-state index contributed by atoms with van der Waals surface area (Å²) in [5.41, 5.74) is 1.91. The van der Waals surface area contributed by atoms with Gasteiger partial charge < -0.3 is 5.32 Å². The molecule has 1 heterocycles. The number of halogens is 1. The highest BCUT2D eigenvalue weighted by atomic mass is 35.5. The van der Waals surface area contributed by atoms with Gasteiger partial charge in [-0.2, -0.15) is 0 Å². The Morgan fingerprint density at radius 3 is 2.83 bits per heavy atom. The molecule has 0 fully saturated rings. The Labute approximate surface area is 74.8 Å². The highest BCUT2D eigenvalue weighted by molar-refractivity contribution is 6.39. The Bertz CT molecular complexity index is 384. The van der Waals surface area contributed by atoms with Crippen molar-refractivity contribution in [2.24, 2.45) is 0 Å². The average Bonchev–Trinajstić information content (AvgIpc) is 2.29. The van der Waals surface area contributed by atoms with Crippen molar-refractivity contribution < 1.29 is 4.79 Å². The van der Waals surface area contributed by atoms with Crippen LogP contribution in [0.4, 0.5) is 5.69 Å². The maximum absolute atomic E-state index is 11.1. The summed E-state index contributed by atoms with van der Waals surface area (Å²) in [4.78, 5) is 11.1. The molecule has 3 heteroatoms. The van der Waals surface area contributed by atoms with E-state index in [1.807, 2.05) is 0 Å². The van der Waals surface area contributed by atoms with Crippen molar-refractivity contribution in [2.45, 2.75) is 0 Å². The molecule has 1 aliphatic heterocycles. The van der Waals surface area contributed by atoms with Gasteiger partial charge in [0.15, 0.2) is 0 Å². The van der Waals surface area contributed by atoms with Crippen LogP contribution < -0.4 is 5.32 Å². The number of hydrogen-bond donors (Lipinski definition) is 1. The number of carbonyl (C=O) groups excluding carboxylic acids is 1. The smallest absolute Gasteiger partial charge is 0.255 e. The van der Waals surface area contributed by atoms with E-state index in [9.17, 15) is 4.79 Å². The van der Waals surface area contributed by atoms with E-state index in [-0.39, 0.29) is 5.91 Å². The van der Waals surface area contributed by atoms with Gasteiger partial charge in [-0.15, -0.1) is 0 Å². The first-order valence-electron chi connectivity index (χ1n) is 3.49. The van der Waals surface area contributed by atoms with Crippen molar-refractivity contribution in [3.8, 4) is 0 Å². The zero-order valence-corrected chi connectivity index (χ0v) is 6.98. The van der Waals surface area contributed by atoms with Crippen LogP contribution in [0.15, 0.2) is 24.8 Å². The molecule has 0 aromatic heterocycles. The normalized spacial score (nSPS) is 14.4. The summed E-state index contributed by atoms with van der Waals surface area (Å²) < 4.78 is 0. The molecule has 1 aromatic carbocycles. The first-order chi connectivity index (χ1) is 5.70. The summed E-state index contributed by atoms with van der Waals surface area (Å²) in [6.45, 7) is 3.64. The predicted octanol–water partition coefficient (Wildman–Crippen LogP) is 2.31. The van der Waals surface area contributed by atoms with E-state index in [0.29, 0.717) is 10.6 Å². The molecule has 2 rings (SSSR count). The van der Waals surface area contributed by atoms with Gasteiger partial charge in [0.25, 0.3) is 5.91 Å². The van der Waals surface area contributed by atoms with Crippen LogP contribution in [0.5, 0.6) is 0 Å². The lowest BCUT2D eigenvalue weighted by Crippen LogP contribution is -2.02. The number of benzene rings is 1. The SMILES string of the molecule is C=C1C(=O)Nc2cccc(Cl)c21. The number of nitrogens with one attached hydrogen (secondary N) is 1. The maximum atomic E-state index is 11.1. The number of anilines is 1. The molecule has 0 unspecified atom stereocenters. The van der Waals surface area contributed by atoms with Crippen LogP contribution in [0.25, 0.3) is 5.57 Å². The largest absolute Gasteiger partial charge is 0.321 e. The fourth-order valence-electron chi connectivity index (χ4n) is 1.25. The van der Waals surface area contributed by atoms with Crippen molar-refractivity contribution in [3.05, 3.63) is 35.4 Å². The third-order valence-electron chi connectivity index (χ3n) is 1.84. The lowest BCUT2D eigenvalue weighted by Gasteiger charge is -1.98. The molecule has 0 saturated heterocycles. The highest BCUT2D eigenvalue weighted by Gasteiger charge is 2.23. The van der Waals surface area contributed by atoms with Crippen LogP contribution in [-0.2, 0) is 4.79 Å². The Kier molecular flexibility index (Phi) is 1.45. The van der Waals surface area contributed by atoms with Crippen molar-refractivity contribution in [1.82, 2.24) is 0 Å². The van der Waals surface area contributed by atoms with Gasteiger partial charge in [-0.3, -0.25) is 4.79 Å². The zero-order valence-electron chi connectivity index (χ0n) is 6.23. The van der Waals surface area contributed by atoms with Gasteiger partial charge in [0.1, 0.15) is 0 Å². The fraction of sp³-hybridized carbons (Fsp3) is 0. The van der Waals surface area contributed by atoms with Gasteiger partial charge in [0.05, 0.1) is 10.7 Å². The van der Waals surface area contributed by atoms with E-state index in [4.69, 9.17) is 11.6 Å². The minimum absolute atomic E-state index is 0.168. The van der Waals surface area contributed by atoms with Crippen LogP contribution in [-0.4, -0.2) is 5.91 Å². The Morgan fingerprint density at radius 2 is 2.17 bits per heavy atom. The third-order valence-corrected chi connectivity index (χ3v) is 2.15. The fourth-order valence-corrected chi connectivity index (χ4v) is 1.53. The minimum atomic E-state index is -0.168. The molecule has 0 saturated carbocycles. The Hall–Kier alpha value is -1.28. The second-order valence-electron chi connectivity index (χ2n) is 2.60. The molecule has 0 bridgehead atoms. The number of carbonyl (C=O) groups is 1. The van der Waals surface area contributed by atoms with E-state index in [2.05, 4.69) is 11.9 Å². The number of hydrogen-bond acceptors (Lipinski definition) is 1. The van der Waals surface area contributed by atoms with Gasteiger partial charge in [-0.05, 0) is 12.1 Å². The van der Waals surface area contributed by atoms with Gasteiger partial charge in [0.2, 0.25) is 0 Å². The molecule has 0 atom stereocenters. The topological polar surface area (TPSA) is 29.1 Å². The molecule has 2 nitrogen and oxygen atoms in total. The first-order valence-corrected chi connectivity index (χ1v) is 3.87. The molecule has 1 aromatic rings. The summed E-state index contributed by atoms with van der Waals surface area (Å²) in [5, 5.41) is 3.23. The highest BCUT2D eigenvalue weighted by Crippen LogP contribution is 2.35. The van der Waals surface area contributed by atoms with Crippen molar-refractivity contribution >= 4 is 28.8 Å². The second-order valence-corrected chi connectivity index (χ2v) is 3.00. The molecule has 1 amide bonds. The molecule has 60 valence electrons. The molecule has 0 spiro atoms. The average molecular weight is 180 g/mol. The monoisotopic (exact) mass is 179 g/mol. The van der Waals surface area contributed by atoms with E-state index in [1.165, 1.54) is 0 Å². The Balaban J connectivity index is 2.70. The van der Waals surface area contributed by atoms with Crippen LogP contribution in [0.2, 0.25) is 5.02 Å². The molecule has 0 aliphatic carbocycles. The number of amides is 1. The predicted molar refractivity (Wildman–Crippen MR) is 49.1 cm³/mol. The minimum Gasteiger partial charge on any atom is -0.321 e. The lowest BCUT2D eigenvalue weighted by atomic mass is 10.1. The van der Waals surface area contributed by atoms with E-state index >= 15 is 0 Å². The second kappa shape index (κ2) is 2.35. The number of rotatable bonds is 0. The first kappa shape index (κ1) is 7.37. The summed E-state index contributed by atoms with van der Waals surface area (Å²) in [5.74, 6) is -0.168. The third kappa shape index (κ3) is 0.850. The molecule has 1 N–H and O–H groups in total. The van der Waals surface area contributed by atoms with Crippen LogP contribution >= 0.6 is 11.6 Å². The van der Waals surface area contributed by atoms with E-state index < -0.39 is 0 Å². The van der Waals surface area contributed by atoms with Gasteiger partial charge in [-0.1, -0.05) is 24.2 Å². The zero-order chi connectivity index (χ0) is 8.72. The van der Waals surface area contributed by atoms with Crippen LogP contribution in [0, 0.1) is 0 Å². The molecular formula is C9H6ClNO. The number of fused-ring (bicyclic) bond motifs is 1. The van der Waals surface area contributed by atoms with Crippen LogP contribution in [0.3, 0.4) is 0 Å². The van der Waals surface area contributed by atoms with Crippen molar-refractivity contribution in [2.75, 3.05) is 5.32 Å². The van der Waals surface area contributed by atoms with Crippen molar-refractivity contribution in [3.63, 3.8) is 0 Å². The summed E-state index contributed by atoms with van der Waals surface area (Å²) in [6, 6.07) is 5.34. The van der Waals surface area contributed by atoms with E-state index in [1.54, 1.807) is 18.2 Å². The van der Waals surface area contributed by atoms with Gasteiger partial charge in [-0.25, -0.2) is 0 Å². The van der Waals surface area contributed by atoms with E-state index in [0.717, 1.165) is 11.3 Å². The lowest BCUT2D eigenvalue weighted by molar-refractivity contribution is -0.110. The molecule has 0 radical (unpaired) electrons. The molecular weight excluding hydrogens is 174 g/mol. The standard InChI is InChI=1S/C9H6ClNO/c1-5-8-6(10)3-2-4-7(8)11-9(5)12/h2-4H,1H2,(H,11,12). The molecule has 1 aliphatic rings. The van der Waals surface area contributed by atoms with Gasteiger partial charge in [0, 0.05) is 11.1 Å². The summed E-state index contributed by atoms with van der Waals surface area (Å²) >= 11 is 5.88. The Morgan fingerprint density at radius 1 is 1.42 bits per heavy atom.